The van der Waals surface area contributed by atoms with E-state index in [9.17, 15) is 10.1 Å². The van der Waals surface area contributed by atoms with E-state index in [4.69, 9.17) is 0 Å². The molecule has 0 spiro atoms. The van der Waals surface area contributed by atoms with Gasteiger partial charge in [0.25, 0.3) is 0 Å². The second-order valence-corrected chi connectivity index (χ2v) is 4.97. The summed E-state index contributed by atoms with van der Waals surface area (Å²) in [5.41, 5.74) is 0.0180. The van der Waals surface area contributed by atoms with Crippen molar-refractivity contribution in [3.8, 4) is 0 Å². The number of hydrogen-bond donors (Lipinski definition) is 2. The summed E-state index contributed by atoms with van der Waals surface area (Å²) < 4.78 is 0. The van der Waals surface area contributed by atoms with Gasteiger partial charge in [0.05, 0.1) is 4.92 Å². The molecule has 1 aromatic rings. The maximum absolute atomic E-state index is 11.0. The molecule has 20 heavy (non-hydrogen) atoms. The highest BCUT2D eigenvalue weighted by molar-refractivity contribution is 5.60. The molecule has 0 amide bonds. The van der Waals surface area contributed by atoms with Gasteiger partial charge in [-0.15, -0.1) is 0 Å². The minimum absolute atomic E-state index is 0.0180. The summed E-state index contributed by atoms with van der Waals surface area (Å²) in [6.07, 6.45) is 5.76. The third kappa shape index (κ3) is 5.03. The van der Waals surface area contributed by atoms with Crippen molar-refractivity contribution in [3.63, 3.8) is 0 Å². The average Bonchev–Trinajstić information content (AvgIpc) is 2.43. The highest BCUT2D eigenvalue weighted by Crippen LogP contribution is 2.25. The Bertz CT molecular complexity index is 437. The molecule has 2 N–H and O–H groups in total. The summed E-state index contributed by atoms with van der Waals surface area (Å²) in [6.45, 7) is 4.21. The quantitative estimate of drug-likeness (QED) is 0.408. The van der Waals surface area contributed by atoms with Crippen molar-refractivity contribution in [2.75, 3.05) is 17.7 Å². The lowest BCUT2D eigenvalue weighted by Gasteiger charge is -2.15. The van der Waals surface area contributed by atoms with Gasteiger partial charge in [-0.2, -0.15) is 0 Å². The van der Waals surface area contributed by atoms with E-state index < -0.39 is 4.92 Å². The Hall–Kier alpha value is -1.85. The van der Waals surface area contributed by atoms with Crippen LogP contribution in [0.4, 0.5) is 17.3 Å². The number of unbranched alkanes of at least 4 members (excludes halogenated alkanes) is 3. The van der Waals surface area contributed by atoms with Crippen LogP contribution in [0.3, 0.4) is 0 Å². The van der Waals surface area contributed by atoms with E-state index in [2.05, 4.69) is 22.5 Å². The standard InChI is InChI=1S/C14H24N4O2/c1-4-5-6-7-8-11(2)16-14-12(18(19)20)9-10-13(15-3)17-14/h9-11H,4-8H2,1-3H3,(H2,15,16,17). The zero-order chi connectivity index (χ0) is 15.0. The van der Waals surface area contributed by atoms with Crippen molar-refractivity contribution in [1.29, 1.82) is 0 Å². The molecule has 0 aliphatic heterocycles. The van der Waals surface area contributed by atoms with Crippen LogP contribution in [0.15, 0.2) is 12.1 Å². The fraction of sp³-hybridized carbons (Fsp3) is 0.643. The van der Waals surface area contributed by atoms with Crippen molar-refractivity contribution in [2.45, 2.75) is 52.0 Å². The first-order valence-electron chi connectivity index (χ1n) is 7.18. The monoisotopic (exact) mass is 280 g/mol. The van der Waals surface area contributed by atoms with Crippen molar-refractivity contribution in [2.24, 2.45) is 0 Å². The van der Waals surface area contributed by atoms with Crippen molar-refractivity contribution < 1.29 is 4.92 Å². The van der Waals surface area contributed by atoms with Crippen molar-refractivity contribution in [3.05, 3.63) is 22.2 Å². The van der Waals surface area contributed by atoms with Crippen molar-refractivity contribution >= 4 is 17.3 Å². The van der Waals surface area contributed by atoms with Crippen LogP contribution in [-0.2, 0) is 0 Å². The molecule has 0 saturated heterocycles. The first-order chi connectivity index (χ1) is 9.58. The molecule has 6 heteroatoms. The zero-order valence-corrected chi connectivity index (χ0v) is 12.5. The Morgan fingerprint density at radius 1 is 1.35 bits per heavy atom. The highest BCUT2D eigenvalue weighted by Gasteiger charge is 2.17. The number of rotatable bonds is 9. The minimum atomic E-state index is -0.404. The van der Waals surface area contributed by atoms with E-state index in [1.165, 1.54) is 25.3 Å². The first kappa shape index (κ1) is 16.2. The summed E-state index contributed by atoms with van der Waals surface area (Å²) in [4.78, 5) is 14.8. The fourth-order valence-electron chi connectivity index (χ4n) is 2.03. The molecule has 0 saturated carbocycles. The summed E-state index contributed by atoms with van der Waals surface area (Å²) in [7, 11) is 1.74. The molecule has 0 fully saturated rings. The lowest BCUT2D eigenvalue weighted by Crippen LogP contribution is -2.17. The lowest BCUT2D eigenvalue weighted by atomic mass is 10.1. The van der Waals surface area contributed by atoms with Gasteiger partial charge < -0.3 is 10.6 Å². The second kappa shape index (κ2) is 8.35. The minimum Gasteiger partial charge on any atom is -0.373 e. The van der Waals surface area contributed by atoms with Gasteiger partial charge in [-0.3, -0.25) is 10.1 Å². The van der Waals surface area contributed by atoms with E-state index in [-0.39, 0.29) is 11.7 Å². The number of anilines is 2. The van der Waals surface area contributed by atoms with Gasteiger partial charge in [0, 0.05) is 19.2 Å². The van der Waals surface area contributed by atoms with Crippen LogP contribution in [0, 0.1) is 10.1 Å². The molecule has 6 nitrogen and oxygen atoms in total. The Balaban J connectivity index is 2.66. The molecule has 0 bridgehead atoms. The number of hydrogen-bond acceptors (Lipinski definition) is 5. The van der Waals surface area contributed by atoms with E-state index in [1.54, 1.807) is 13.1 Å². The predicted molar refractivity (Wildman–Crippen MR) is 82.3 cm³/mol. The molecule has 1 unspecified atom stereocenters. The van der Waals surface area contributed by atoms with Crippen LogP contribution in [0.1, 0.15) is 46.0 Å². The lowest BCUT2D eigenvalue weighted by molar-refractivity contribution is -0.384. The summed E-state index contributed by atoms with van der Waals surface area (Å²) in [5.74, 6) is 0.959. The summed E-state index contributed by atoms with van der Waals surface area (Å²) >= 11 is 0. The predicted octanol–water partition coefficient (Wildman–Crippen LogP) is 3.80. The zero-order valence-electron chi connectivity index (χ0n) is 12.5. The maximum Gasteiger partial charge on any atom is 0.311 e. The van der Waals surface area contributed by atoms with E-state index in [0.717, 1.165) is 12.8 Å². The molecule has 0 aromatic carbocycles. The summed E-state index contributed by atoms with van der Waals surface area (Å²) in [5, 5.41) is 17.1. The fourth-order valence-corrected chi connectivity index (χ4v) is 2.03. The van der Waals surface area contributed by atoms with Gasteiger partial charge in [0.1, 0.15) is 5.82 Å². The van der Waals surface area contributed by atoms with Gasteiger partial charge in [-0.25, -0.2) is 4.98 Å². The molecule has 112 valence electrons. The normalized spacial score (nSPS) is 11.9. The highest BCUT2D eigenvalue weighted by atomic mass is 16.6. The molecule has 0 radical (unpaired) electrons. The molecule has 1 aromatic heterocycles. The average molecular weight is 280 g/mol. The van der Waals surface area contributed by atoms with Crippen LogP contribution in [-0.4, -0.2) is 23.0 Å². The molecular weight excluding hydrogens is 256 g/mol. The van der Waals surface area contributed by atoms with Crippen LogP contribution in [0.5, 0.6) is 0 Å². The number of nitrogens with zero attached hydrogens (tertiary/aromatic N) is 2. The van der Waals surface area contributed by atoms with E-state index in [0.29, 0.717) is 11.6 Å². The van der Waals surface area contributed by atoms with Gasteiger partial charge in [0.2, 0.25) is 5.82 Å². The second-order valence-electron chi connectivity index (χ2n) is 4.97. The number of pyridine rings is 1. The Morgan fingerprint density at radius 3 is 2.70 bits per heavy atom. The van der Waals surface area contributed by atoms with Gasteiger partial charge in [0.15, 0.2) is 0 Å². The topological polar surface area (TPSA) is 80.1 Å². The SMILES string of the molecule is CCCCCCC(C)Nc1nc(NC)ccc1[N+](=O)[O-]. The first-order valence-corrected chi connectivity index (χ1v) is 7.18. The van der Waals surface area contributed by atoms with Crippen molar-refractivity contribution in [1.82, 2.24) is 4.98 Å². The Kier molecular flexibility index (Phi) is 6.76. The van der Waals surface area contributed by atoms with Crippen LogP contribution < -0.4 is 10.6 Å². The van der Waals surface area contributed by atoms with Crippen LogP contribution >= 0.6 is 0 Å². The molecule has 1 heterocycles. The van der Waals surface area contributed by atoms with E-state index in [1.807, 2.05) is 6.92 Å². The summed E-state index contributed by atoms with van der Waals surface area (Å²) in [6, 6.07) is 3.25. The smallest absolute Gasteiger partial charge is 0.311 e. The molecule has 0 aliphatic rings. The Labute approximate surface area is 120 Å². The Morgan fingerprint density at radius 2 is 2.10 bits per heavy atom. The number of nitro groups is 1. The third-order valence-electron chi connectivity index (χ3n) is 3.20. The van der Waals surface area contributed by atoms with Crippen LogP contribution in [0.2, 0.25) is 0 Å². The third-order valence-corrected chi connectivity index (χ3v) is 3.20. The van der Waals surface area contributed by atoms with Crippen LogP contribution in [0.25, 0.3) is 0 Å². The molecule has 1 atom stereocenters. The molecule has 0 aliphatic carbocycles. The van der Waals surface area contributed by atoms with Gasteiger partial charge in [-0.05, 0) is 19.4 Å². The van der Waals surface area contributed by atoms with Gasteiger partial charge in [-0.1, -0.05) is 32.6 Å². The molecule has 1 rings (SSSR count). The maximum atomic E-state index is 11.0. The number of aromatic nitrogens is 1. The largest absolute Gasteiger partial charge is 0.373 e. The number of nitrogens with one attached hydrogen (secondary N) is 2. The van der Waals surface area contributed by atoms with E-state index >= 15 is 0 Å². The van der Waals surface area contributed by atoms with Gasteiger partial charge >= 0.3 is 5.69 Å². The molecular formula is C14H24N4O2.